The number of hydrogen-bond donors (Lipinski definition) is 0. The largest absolute Gasteiger partial charge is 0.311 e. The van der Waals surface area contributed by atoms with Crippen molar-refractivity contribution in [1.82, 2.24) is 23.3 Å². The van der Waals surface area contributed by atoms with E-state index >= 15 is 0 Å². The number of nitrogens with zero attached hydrogens (tertiary/aromatic N) is 7. The molecule has 3 heterocycles. The van der Waals surface area contributed by atoms with E-state index in [2.05, 4.69) is 109 Å². The number of anilines is 3. The van der Waals surface area contributed by atoms with E-state index in [-0.39, 0.29) is 0 Å². The average molecular weight is 592 g/mol. The van der Waals surface area contributed by atoms with Crippen LogP contribution in [-0.4, -0.2) is 23.3 Å². The third-order valence-electron chi connectivity index (χ3n) is 8.47. The first-order valence-electron chi connectivity index (χ1n) is 15.1. The van der Waals surface area contributed by atoms with Gasteiger partial charge in [-0.1, -0.05) is 60.7 Å². The maximum atomic E-state index is 9.91. The third-order valence-corrected chi connectivity index (χ3v) is 8.47. The summed E-state index contributed by atoms with van der Waals surface area (Å²) in [5.41, 5.74) is 10.1. The van der Waals surface area contributed by atoms with E-state index in [1.54, 1.807) is 0 Å². The van der Waals surface area contributed by atoms with E-state index in [4.69, 9.17) is 9.97 Å². The quantitative estimate of drug-likeness (QED) is 0.205. The topological polar surface area (TPSA) is 66.6 Å². The van der Waals surface area contributed by atoms with E-state index in [0.717, 1.165) is 61.6 Å². The number of fused-ring (bicyclic) bond motifs is 9. The zero-order valence-electron chi connectivity index (χ0n) is 24.6. The van der Waals surface area contributed by atoms with Crippen molar-refractivity contribution in [2.24, 2.45) is 0 Å². The predicted molar refractivity (Wildman–Crippen MR) is 184 cm³/mol. The van der Waals surface area contributed by atoms with E-state index in [9.17, 15) is 5.26 Å². The summed E-state index contributed by atoms with van der Waals surface area (Å²) >= 11 is 0. The van der Waals surface area contributed by atoms with E-state index < -0.39 is 0 Å². The van der Waals surface area contributed by atoms with Gasteiger partial charge in [0.15, 0.2) is 0 Å². The number of para-hydroxylation sites is 6. The minimum Gasteiger partial charge on any atom is -0.311 e. The number of rotatable bonds is 4. The van der Waals surface area contributed by atoms with Crippen molar-refractivity contribution < 1.29 is 0 Å². The van der Waals surface area contributed by atoms with Gasteiger partial charge < -0.3 is 4.90 Å². The summed E-state index contributed by atoms with van der Waals surface area (Å²) in [6, 6.07) is 53.7. The van der Waals surface area contributed by atoms with Gasteiger partial charge in [-0.25, -0.2) is 14.5 Å². The lowest BCUT2D eigenvalue weighted by Gasteiger charge is -2.25. The molecular weight excluding hydrogens is 566 g/mol. The third kappa shape index (κ3) is 3.91. The minimum absolute atomic E-state index is 0.577. The smallest absolute Gasteiger partial charge is 0.223 e. The molecule has 7 nitrogen and oxygen atoms in total. The van der Waals surface area contributed by atoms with Crippen LogP contribution >= 0.6 is 0 Å². The summed E-state index contributed by atoms with van der Waals surface area (Å²) in [5, 5.41) is 9.91. The first-order chi connectivity index (χ1) is 22.8. The van der Waals surface area contributed by atoms with Gasteiger partial charge in [0.05, 0.1) is 50.4 Å². The van der Waals surface area contributed by atoms with Crippen LogP contribution in [0.5, 0.6) is 0 Å². The highest BCUT2D eigenvalue weighted by molar-refractivity contribution is 5.93. The second-order valence-corrected chi connectivity index (χ2v) is 11.1. The Morgan fingerprint density at radius 3 is 1.54 bits per heavy atom. The Labute approximate surface area is 263 Å². The highest BCUT2D eigenvalue weighted by Crippen LogP contribution is 2.35. The lowest BCUT2D eigenvalue weighted by atomic mass is 10.2. The zero-order valence-corrected chi connectivity index (χ0v) is 24.6. The summed E-state index contributed by atoms with van der Waals surface area (Å²) in [4.78, 5) is 12.6. The molecule has 6 aromatic carbocycles. The van der Waals surface area contributed by atoms with Crippen molar-refractivity contribution in [3.05, 3.63) is 157 Å². The predicted octanol–water partition coefficient (Wildman–Crippen LogP) is 9.14. The second-order valence-electron chi connectivity index (χ2n) is 11.1. The van der Waals surface area contributed by atoms with Crippen LogP contribution in [0.3, 0.4) is 0 Å². The number of aromatic nitrogens is 5. The monoisotopic (exact) mass is 591 g/mol. The molecule has 216 valence electrons. The summed E-state index contributed by atoms with van der Waals surface area (Å²) in [5.74, 6) is 1.42. The normalized spacial score (nSPS) is 11.5. The van der Waals surface area contributed by atoms with Crippen LogP contribution in [0.15, 0.2) is 152 Å². The van der Waals surface area contributed by atoms with Crippen LogP contribution in [0.2, 0.25) is 0 Å². The molecule has 0 spiro atoms. The first-order valence-corrected chi connectivity index (χ1v) is 15.1. The van der Waals surface area contributed by atoms with Crippen molar-refractivity contribution in [3.63, 3.8) is 0 Å². The summed E-state index contributed by atoms with van der Waals surface area (Å²) in [7, 11) is 0. The van der Waals surface area contributed by atoms with Gasteiger partial charge in [-0.15, -0.1) is 0 Å². The Morgan fingerprint density at radius 1 is 0.478 bits per heavy atom. The summed E-state index contributed by atoms with van der Waals surface area (Å²) in [6.45, 7) is 0. The van der Waals surface area contributed by atoms with E-state index in [1.807, 2.05) is 66.7 Å². The Bertz CT molecular complexity index is 2600. The Balaban J connectivity index is 1.39. The molecule has 0 aliphatic heterocycles. The van der Waals surface area contributed by atoms with Gasteiger partial charge in [0.25, 0.3) is 0 Å². The number of imidazole rings is 2. The lowest BCUT2D eigenvalue weighted by Crippen LogP contribution is -2.10. The molecule has 0 N–H and O–H groups in total. The second kappa shape index (κ2) is 10.2. The van der Waals surface area contributed by atoms with Crippen LogP contribution < -0.4 is 4.90 Å². The number of benzene rings is 6. The molecule has 46 heavy (non-hydrogen) atoms. The highest BCUT2D eigenvalue weighted by atomic mass is 15.3. The molecule has 0 aliphatic carbocycles. The molecule has 0 aliphatic rings. The summed E-state index contributed by atoms with van der Waals surface area (Å²) < 4.78 is 6.43. The van der Waals surface area contributed by atoms with Gasteiger partial charge in [0, 0.05) is 17.1 Å². The standard InChI is InChI=1S/C39H25N7/c40-26-27-19-24-36-37(25-27)46-35-18-10-8-16-33(35)42-39(46)44(38-41-32-15-7-9-17-34(32)45(36)38)31-22-20-30(21-23-31)43(28-11-3-1-4-12-28)29-13-5-2-6-14-29/h1-25H. The van der Waals surface area contributed by atoms with Gasteiger partial charge in [-0.05, 0) is 91.0 Å². The average Bonchev–Trinajstić information content (AvgIpc) is 3.66. The van der Waals surface area contributed by atoms with Crippen LogP contribution in [0.1, 0.15) is 5.56 Å². The molecule has 0 fully saturated rings. The molecule has 0 saturated heterocycles. The fourth-order valence-electron chi connectivity index (χ4n) is 6.44. The Hall–Kier alpha value is -6.65. The molecule has 0 atom stereocenters. The van der Waals surface area contributed by atoms with Crippen molar-refractivity contribution in [1.29, 1.82) is 5.26 Å². The van der Waals surface area contributed by atoms with Crippen molar-refractivity contribution >= 4 is 61.7 Å². The van der Waals surface area contributed by atoms with Gasteiger partial charge in [0.1, 0.15) is 0 Å². The molecule has 0 unspecified atom stereocenters. The van der Waals surface area contributed by atoms with Gasteiger partial charge in [-0.2, -0.15) is 5.26 Å². The van der Waals surface area contributed by atoms with Crippen LogP contribution in [0.25, 0.3) is 50.3 Å². The maximum absolute atomic E-state index is 9.91. The Morgan fingerprint density at radius 2 is 0.978 bits per heavy atom. The number of hydrogen-bond acceptors (Lipinski definition) is 4. The van der Waals surface area contributed by atoms with Crippen LogP contribution in [-0.2, 0) is 0 Å². The molecule has 0 bridgehead atoms. The van der Waals surface area contributed by atoms with E-state index in [1.165, 1.54) is 0 Å². The fraction of sp³-hybridized carbons (Fsp3) is 0. The van der Waals surface area contributed by atoms with Crippen molar-refractivity contribution in [2.45, 2.75) is 0 Å². The molecule has 7 heteroatoms. The maximum Gasteiger partial charge on any atom is 0.223 e. The van der Waals surface area contributed by atoms with Crippen LogP contribution in [0.4, 0.5) is 17.1 Å². The lowest BCUT2D eigenvalue weighted by molar-refractivity contribution is 1.03. The van der Waals surface area contributed by atoms with Crippen molar-refractivity contribution in [3.8, 4) is 11.8 Å². The summed E-state index contributed by atoms with van der Waals surface area (Å²) in [6.07, 6.45) is 0. The van der Waals surface area contributed by atoms with Crippen molar-refractivity contribution in [2.75, 3.05) is 4.90 Å². The molecular formula is C39H25N7. The molecule has 9 aromatic rings. The Kier molecular flexibility index (Phi) is 5.74. The van der Waals surface area contributed by atoms with E-state index in [0.29, 0.717) is 11.3 Å². The SMILES string of the molecule is N#Cc1ccc2c(c1)n1c3ccccc3nc1n(-c1ccc(N(c3ccccc3)c3ccccc3)cc1)c1nc3ccccc3n21. The molecule has 9 rings (SSSR count). The van der Waals surface area contributed by atoms with Gasteiger partial charge >= 0.3 is 0 Å². The van der Waals surface area contributed by atoms with Gasteiger partial charge in [-0.3, -0.25) is 8.80 Å². The first kappa shape index (κ1) is 25.8. The number of nitriles is 1. The van der Waals surface area contributed by atoms with Gasteiger partial charge in [0.2, 0.25) is 11.6 Å². The zero-order chi connectivity index (χ0) is 30.6. The molecule has 0 radical (unpaired) electrons. The molecule has 3 aromatic heterocycles. The fourth-order valence-corrected chi connectivity index (χ4v) is 6.44. The molecule has 0 amide bonds. The minimum atomic E-state index is 0.577. The van der Waals surface area contributed by atoms with Crippen LogP contribution in [0, 0.1) is 11.3 Å². The molecule has 0 saturated carbocycles. The highest BCUT2D eigenvalue weighted by Gasteiger charge is 2.20.